The quantitative estimate of drug-likeness (QED) is 0.412. The maximum Gasteiger partial charge on any atom is 0.144 e. The van der Waals surface area contributed by atoms with Crippen molar-refractivity contribution in [3.63, 3.8) is 0 Å². The molecule has 0 atom stereocenters. The summed E-state index contributed by atoms with van der Waals surface area (Å²) in [6.07, 6.45) is 0. The lowest BCUT2D eigenvalue weighted by Gasteiger charge is -2.09. The summed E-state index contributed by atoms with van der Waals surface area (Å²) in [5, 5.41) is 32.9. The van der Waals surface area contributed by atoms with Gasteiger partial charge in [0.2, 0.25) is 0 Å². The van der Waals surface area contributed by atoms with Crippen LogP contribution in [0.3, 0.4) is 0 Å². The number of hydrogen-bond donors (Lipinski definition) is 2. The van der Waals surface area contributed by atoms with E-state index in [9.17, 15) is 10.2 Å². The Bertz CT molecular complexity index is 1180. The minimum absolute atomic E-state index is 0.0548. The molecule has 2 N–H and O–H groups in total. The first kappa shape index (κ1) is 16.1. The van der Waals surface area contributed by atoms with Crippen LogP contribution < -0.4 is 0 Å². The van der Waals surface area contributed by atoms with Crippen molar-refractivity contribution in [2.75, 3.05) is 0 Å². The molecule has 0 aliphatic rings. The van der Waals surface area contributed by atoms with E-state index in [-0.39, 0.29) is 11.5 Å². The largest absolute Gasteiger partial charge is 0.506 e. The Hall–Kier alpha value is -3.40. The van der Waals surface area contributed by atoms with Crippen LogP contribution in [0.4, 0.5) is 11.4 Å². The molecule has 0 fully saturated rings. The monoisotopic (exact) mass is 342 g/mol. The van der Waals surface area contributed by atoms with E-state index >= 15 is 0 Å². The Kier molecular flexibility index (Phi) is 3.81. The predicted molar refractivity (Wildman–Crippen MR) is 105 cm³/mol. The summed E-state index contributed by atoms with van der Waals surface area (Å²) in [6.45, 7) is 3.99. The van der Waals surface area contributed by atoms with Crippen LogP contribution in [0.1, 0.15) is 11.1 Å². The molecule has 0 unspecified atom stereocenters. The Morgan fingerprint density at radius 2 is 1.38 bits per heavy atom. The standard InChI is InChI=1S/C22H18N2O2/c1-13-7-9-17-18(11-13)14(2)12-20(26)22(17)24-23-21-16-6-4-3-5-15(16)8-10-19(21)25/h3-12,25-26H,1-2H3. The van der Waals surface area contributed by atoms with Crippen LogP contribution in [0, 0.1) is 13.8 Å². The van der Waals surface area contributed by atoms with Crippen LogP contribution in [0.2, 0.25) is 0 Å². The van der Waals surface area contributed by atoms with E-state index in [1.54, 1.807) is 12.1 Å². The van der Waals surface area contributed by atoms with E-state index in [0.717, 1.165) is 32.7 Å². The van der Waals surface area contributed by atoms with Crippen molar-refractivity contribution in [2.45, 2.75) is 13.8 Å². The number of azo groups is 1. The van der Waals surface area contributed by atoms with Gasteiger partial charge in [-0.1, -0.05) is 54.1 Å². The van der Waals surface area contributed by atoms with E-state index in [2.05, 4.69) is 16.3 Å². The molecule has 0 radical (unpaired) electrons. The maximum atomic E-state index is 10.4. The highest BCUT2D eigenvalue weighted by Gasteiger charge is 2.11. The molecule has 0 saturated heterocycles. The average molecular weight is 342 g/mol. The van der Waals surface area contributed by atoms with Crippen molar-refractivity contribution in [2.24, 2.45) is 10.2 Å². The van der Waals surface area contributed by atoms with Gasteiger partial charge in [-0.25, -0.2) is 0 Å². The molecule has 0 aliphatic carbocycles. The van der Waals surface area contributed by atoms with Crippen LogP contribution >= 0.6 is 0 Å². The van der Waals surface area contributed by atoms with Gasteiger partial charge in [-0.2, -0.15) is 0 Å². The average Bonchev–Trinajstić information content (AvgIpc) is 2.63. The molecule has 0 spiro atoms. The first-order valence-electron chi connectivity index (χ1n) is 8.40. The Morgan fingerprint density at radius 1 is 0.654 bits per heavy atom. The fourth-order valence-electron chi connectivity index (χ4n) is 3.23. The highest BCUT2D eigenvalue weighted by atomic mass is 16.3. The van der Waals surface area contributed by atoms with Gasteiger partial charge in [0.15, 0.2) is 0 Å². The number of benzene rings is 4. The molecule has 0 saturated carbocycles. The number of phenols is 2. The molecule has 4 aromatic rings. The number of hydrogen-bond acceptors (Lipinski definition) is 4. The number of nitrogens with zero attached hydrogens (tertiary/aromatic N) is 2. The second kappa shape index (κ2) is 6.15. The molecule has 0 aromatic heterocycles. The summed E-state index contributed by atoms with van der Waals surface area (Å²) >= 11 is 0. The van der Waals surface area contributed by atoms with Gasteiger partial charge < -0.3 is 10.2 Å². The zero-order chi connectivity index (χ0) is 18.3. The third-order valence-electron chi connectivity index (χ3n) is 4.58. The lowest BCUT2D eigenvalue weighted by molar-refractivity contribution is 0.474. The smallest absolute Gasteiger partial charge is 0.144 e. The van der Waals surface area contributed by atoms with Crippen LogP contribution in [0.25, 0.3) is 21.5 Å². The van der Waals surface area contributed by atoms with Crippen LogP contribution in [-0.2, 0) is 0 Å². The minimum atomic E-state index is 0.0548. The molecule has 4 rings (SSSR count). The molecular formula is C22H18N2O2. The van der Waals surface area contributed by atoms with Crippen molar-refractivity contribution in [3.05, 3.63) is 71.8 Å². The summed E-state index contributed by atoms with van der Waals surface area (Å²) < 4.78 is 0. The van der Waals surface area contributed by atoms with E-state index < -0.39 is 0 Å². The van der Waals surface area contributed by atoms with Gasteiger partial charge in [0.25, 0.3) is 0 Å². The topological polar surface area (TPSA) is 65.2 Å². The highest BCUT2D eigenvalue weighted by Crippen LogP contribution is 2.41. The highest BCUT2D eigenvalue weighted by molar-refractivity contribution is 5.98. The van der Waals surface area contributed by atoms with E-state index in [0.29, 0.717) is 11.4 Å². The number of fused-ring (bicyclic) bond motifs is 2. The molecular weight excluding hydrogens is 324 g/mol. The van der Waals surface area contributed by atoms with Crippen molar-refractivity contribution in [1.29, 1.82) is 0 Å². The fourth-order valence-corrected chi connectivity index (χ4v) is 3.23. The molecule has 0 bridgehead atoms. The zero-order valence-corrected chi connectivity index (χ0v) is 14.6. The minimum Gasteiger partial charge on any atom is -0.506 e. The molecule has 26 heavy (non-hydrogen) atoms. The van der Waals surface area contributed by atoms with E-state index in [4.69, 9.17) is 0 Å². The number of aromatic hydroxyl groups is 2. The fraction of sp³-hybridized carbons (Fsp3) is 0.0909. The predicted octanol–water partition coefficient (Wildman–Crippen LogP) is 6.44. The summed E-state index contributed by atoms with van der Waals surface area (Å²) in [5.41, 5.74) is 2.91. The first-order valence-corrected chi connectivity index (χ1v) is 8.40. The Balaban J connectivity index is 1.93. The van der Waals surface area contributed by atoms with Gasteiger partial charge in [-0.05, 0) is 42.3 Å². The molecule has 0 heterocycles. The summed E-state index contributed by atoms with van der Waals surface area (Å²) in [6, 6.07) is 18.8. The number of aryl methyl sites for hydroxylation is 2. The van der Waals surface area contributed by atoms with Gasteiger partial charge in [-0.3, -0.25) is 0 Å². The zero-order valence-electron chi connectivity index (χ0n) is 14.6. The van der Waals surface area contributed by atoms with Gasteiger partial charge >= 0.3 is 0 Å². The van der Waals surface area contributed by atoms with E-state index in [1.807, 2.05) is 56.3 Å². The second-order valence-corrected chi connectivity index (χ2v) is 6.46. The van der Waals surface area contributed by atoms with Crippen LogP contribution in [-0.4, -0.2) is 10.2 Å². The van der Waals surface area contributed by atoms with Gasteiger partial charge in [0, 0.05) is 10.8 Å². The lowest BCUT2D eigenvalue weighted by Crippen LogP contribution is -1.82. The molecule has 4 aromatic carbocycles. The second-order valence-electron chi connectivity index (χ2n) is 6.46. The lowest BCUT2D eigenvalue weighted by atomic mass is 10.0. The third-order valence-corrected chi connectivity index (χ3v) is 4.58. The maximum absolute atomic E-state index is 10.4. The van der Waals surface area contributed by atoms with Gasteiger partial charge in [0.1, 0.15) is 22.9 Å². The summed E-state index contributed by atoms with van der Waals surface area (Å²) in [7, 11) is 0. The molecule has 0 amide bonds. The van der Waals surface area contributed by atoms with Crippen LogP contribution in [0.15, 0.2) is 70.9 Å². The summed E-state index contributed by atoms with van der Waals surface area (Å²) in [4.78, 5) is 0. The van der Waals surface area contributed by atoms with Crippen molar-refractivity contribution in [1.82, 2.24) is 0 Å². The molecule has 4 heteroatoms. The van der Waals surface area contributed by atoms with Gasteiger partial charge in [-0.15, -0.1) is 10.2 Å². The first-order chi connectivity index (χ1) is 12.5. The van der Waals surface area contributed by atoms with Crippen molar-refractivity contribution >= 4 is 32.9 Å². The number of phenolic OH excluding ortho intramolecular Hbond substituents is 2. The van der Waals surface area contributed by atoms with Crippen molar-refractivity contribution in [3.8, 4) is 11.5 Å². The summed E-state index contributed by atoms with van der Waals surface area (Å²) in [5.74, 6) is 0.126. The third kappa shape index (κ3) is 2.65. The molecule has 4 nitrogen and oxygen atoms in total. The van der Waals surface area contributed by atoms with Gasteiger partial charge in [0.05, 0.1) is 0 Å². The Labute approximate surface area is 151 Å². The number of rotatable bonds is 2. The van der Waals surface area contributed by atoms with Crippen molar-refractivity contribution < 1.29 is 10.2 Å². The molecule has 0 aliphatic heterocycles. The van der Waals surface area contributed by atoms with Crippen LogP contribution in [0.5, 0.6) is 11.5 Å². The molecule has 128 valence electrons. The Morgan fingerprint density at radius 3 is 2.19 bits per heavy atom. The van der Waals surface area contributed by atoms with E-state index in [1.165, 1.54) is 0 Å². The SMILES string of the molecule is Cc1ccc2c(N=Nc3c(O)ccc4ccccc34)c(O)cc(C)c2c1. The normalized spacial score (nSPS) is 11.6.